The molecule has 1 amide bonds. The molecule has 190 valence electrons. The first-order valence-corrected chi connectivity index (χ1v) is 12.0. The highest BCUT2D eigenvalue weighted by atomic mass is 19.4. The van der Waals surface area contributed by atoms with Crippen LogP contribution in [0.15, 0.2) is 75.9 Å². The number of benzene rings is 3. The van der Waals surface area contributed by atoms with Crippen molar-refractivity contribution in [2.24, 2.45) is 0 Å². The van der Waals surface area contributed by atoms with Crippen LogP contribution >= 0.6 is 0 Å². The van der Waals surface area contributed by atoms with Crippen LogP contribution in [0.4, 0.5) is 18.9 Å². The lowest BCUT2D eigenvalue weighted by Crippen LogP contribution is -2.29. The summed E-state index contributed by atoms with van der Waals surface area (Å²) >= 11 is 0. The number of ether oxygens (including phenoxy) is 1. The fourth-order valence-corrected chi connectivity index (χ4v) is 4.58. The van der Waals surface area contributed by atoms with Crippen molar-refractivity contribution in [3.05, 3.63) is 105 Å². The maximum atomic E-state index is 13.7. The first-order valence-electron chi connectivity index (χ1n) is 12.0. The van der Waals surface area contributed by atoms with Gasteiger partial charge in [-0.1, -0.05) is 43.2 Å². The van der Waals surface area contributed by atoms with E-state index in [-0.39, 0.29) is 22.6 Å². The molecule has 0 N–H and O–H groups in total. The third kappa shape index (κ3) is 4.48. The zero-order valence-corrected chi connectivity index (χ0v) is 20.3. The molecule has 0 saturated heterocycles. The minimum absolute atomic E-state index is 0.0131. The van der Waals surface area contributed by atoms with E-state index in [1.165, 1.54) is 17.0 Å². The van der Waals surface area contributed by atoms with Gasteiger partial charge in [-0.3, -0.25) is 14.5 Å². The van der Waals surface area contributed by atoms with Crippen LogP contribution in [0.5, 0.6) is 5.75 Å². The van der Waals surface area contributed by atoms with Crippen molar-refractivity contribution in [2.45, 2.75) is 38.9 Å². The normalized spacial score (nSPS) is 15.3. The second kappa shape index (κ2) is 9.42. The highest BCUT2D eigenvalue weighted by Gasteiger charge is 2.44. The van der Waals surface area contributed by atoms with Crippen molar-refractivity contribution < 1.29 is 27.1 Å². The average Bonchev–Trinajstić information content (AvgIpc) is 3.17. The highest BCUT2D eigenvalue weighted by molar-refractivity contribution is 6.10. The third-order valence-electron chi connectivity index (χ3n) is 6.44. The molecule has 37 heavy (non-hydrogen) atoms. The van der Waals surface area contributed by atoms with E-state index in [2.05, 4.69) is 6.92 Å². The van der Waals surface area contributed by atoms with Crippen LogP contribution in [-0.4, -0.2) is 12.5 Å². The van der Waals surface area contributed by atoms with Crippen LogP contribution in [0, 0.1) is 6.92 Å². The van der Waals surface area contributed by atoms with Crippen LogP contribution in [0.2, 0.25) is 0 Å². The number of rotatable bonds is 6. The minimum Gasteiger partial charge on any atom is -0.494 e. The number of anilines is 1. The summed E-state index contributed by atoms with van der Waals surface area (Å²) in [5, 5.41) is 0.307. The Hall–Kier alpha value is -4.07. The molecular formula is C29H24F3NO4. The molecular weight excluding hydrogens is 483 g/mol. The number of hydrogen-bond donors (Lipinski definition) is 0. The monoisotopic (exact) mass is 507 g/mol. The standard InChI is InChI=1S/C29H24F3NO4/c1-3-4-14-36-21-11-9-18(10-12-21)25-24-26(34)22-15-17(2)8-13-23(22)37-27(24)28(35)33(25)20-7-5-6-19(16-20)29(30,31)32/h5-13,15-16,25H,3-4,14H2,1-2H3. The van der Waals surface area contributed by atoms with Gasteiger partial charge < -0.3 is 9.15 Å². The summed E-state index contributed by atoms with van der Waals surface area (Å²) in [7, 11) is 0. The molecule has 0 aliphatic carbocycles. The zero-order valence-electron chi connectivity index (χ0n) is 20.3. The SMILES string of the molecule is CCCCOc1ccc(C2c3c(oc4ccc(C)cc4c3=O)C(=O)N2c2cccc(C(F)(F)F)c2)cc1. The Bertz CT molecular complexity index is 1540. The first-order chi connectivity index (χ1) is 17.7. The molecule has 0 saturated carbocycles. The molecule has 1 atom stereocenters. The van der Waals surface area contributed by atoms with E-state index in [9.17, 15) is 22.8 Å². The Morgan fingerprint density at radius 1 is 1.00 bits per heavy atom. The number of unbranched alkanes of at least 4 members (excludes halogenated alkanes) is 1. The zero-order chi connectivity index (χ0) is 26.3. The minimum atomic E-state index is -4.60. The van der Waals surface area contributed by atoms with Crippen molar-refractivity contribution in [3.63, 3.8) is 0 Å². The van der Waals surface area contributed by atoms with Crippen molar-refractivity contribution in [3.8, 4) is 5.75 Å². The smallest absolute Gasteiger partial charge is 0.416 e. The number of amides is 1. The lowest BCUT2D eigenvalue weighted by molar-refractivity contribution is -0.137. The molecule has 0 spiro atoms. The fraction of sp³-hybridized carbons (Fsp3) is 0.241. The highest BCUT2D eigenvalue weighted by Crippen LogP contribution is 2.43. The number of fused-ring (bicyclic) bond motifs is 2. The van der Waals surface area contributed by atoms with Gasteiger partial charge in [0.1, 0.15) is 11.3 Å². The Morgan fingerprint density at radius 2 is 1.76 bits per heavy atom. The number of alkyl halides is 3. The topological polar surface area (TPSA) is 59.8 Å². The van der Waals surface area contributed by atoms with Crippen LogP contribution in [0.1, 0.15) is 58.6 Å². The van der Waals surface area contributed by atoms with Crippen LogP contribution in [0.3, 0.4) is 0 Å². The predicted molar refractivity (Wildman–Crippen MR) is 134 cm³/mol. The van der Waals surface area contributed by atoms with Crippen molar-refractivity contribution in [2.75, 3.05) is 11.5 Å². The fourth-order valence-electron chi connectivity index (χ4n) is 4.58. The summed E-state index contributed by atoms with van der Waals surface area (Å²) in [6.45, 7) is 4.44. The Kier molecular flexibility index (Phi) is 6.27. The second-order valence-electron chi connectivity index (χ2n) is 9.07. The molecule has 0 fully saturated rings. The van der Waals surface area contributed by atoms with E-state index >= 15 is 0 Å². The van der Waals surface area contributed by atoms with Gasteiger partial charge in [-0.2, -0.15) is 13.2 Å². The summed E-state index contributed by atoms with van der Waals surface area (Å²) in [5.41, 5.74) is 0.449. The van der Waals surface area contributed by atoms with E-state index in [1.807, 2.05) is 6.92 Å². The molecule has 3 aromatic carbocycles. The van der Waals surface area contributed by atoms with Gasteiger partial charge in [0.15, 0.2) is 5.43 Å². The Labute approximate surface area is 211 Å². The lowest BCUT2D eigenvalue weighted by atomic mass is 9.97. The lowest BCUT2D eigenvalue weighted by Gasteiger charge is -2.26. The van der Waals surface area contributed by atoms with E-state index in [0.29, 0.717) is 23.3 Å². The Balaban J connectivity index is 1.69. The number of nitrogens with zero attached hydrogens (tertiary/aromatic N) is 1. The Morgan fingerprint density at radius 3 is 2.46 bits per heavy atom. The van der Waals surface area contributed by atoms with Crippen molar-refractivity contribution in [1.29, 1.82) is 0 Å². The maximum Gasteiger partial charge on any atom is 0.416 e. The number of halogens is 3. The van der Waals surface area contributed by atoms with Gasteiger partial charge in [0.2, 0.25) is 5.76 Å². The molecule has 5 nitrogen and oxygen atoms in total. The summed E-state index contributed by atoms with van der Waals surface area (Å²) in [4.78, 5) is 28.5. The van der Waals surface area contributed by atoms with E-state index in [1.54, 1.807) is 42.5 Å². The molecule has 4 aromatic rings. The van der Waals surface area contributed by atoms with Gasteiger partial charge in [-0.15, -0.1) is 0 Å². The van der Waals surface area contributed by atoms with Gasteiger partial charge in [-0.25, -0.2) is 0 Å². The summed E-state index contributed by atoms with van der Waals surface area (Å²) in [5.74, 6) is -0.234. The van der Waals surface area contributed by atoms with E-state index < -0.39 is 29.1 Å². The van der Waals surface area contributed by atoms with E-state index in [0.717, 1.165) is 30.5 Å². The summed E-state index contributed by atoms with van der Waals surface area (Å²) in [6, 6.07) is 15.5. The molecule has 1 aromatic heterocycles. The van der Waals surface area contributed by atoms with Gasteiger partial charge in [-0.05, 0) is 61.4 Å². The number of carbonyl (C=O) groups excluding carboxylic acids is 1. The van der Waals surface area contributed by atoms with Gasteiger partial charge >= 0.3 is 6.18 Å². The number of hydrogen-bond acceptors (Lipinski definition) is 4. The van der Waals surface area contributed by atoms with Crippen LogP contribution in [-0.2, 0) is 6.18 Å². The molecule has 1 aliphatic rings. The van der Waals surface area contributed by atoms with Gasteiger partial charge in [0.25, 0.3) is 5.91 Å². The van der Waals surface area contributed by atoms with Gasteiger partial charge in [0, 0.05) is 5.69 Å². The molecule has 1 unspecified atom stereocenters. The average molecular weight is 508 g/mol. The number of carbonyl (C=O) groups is 1. The number of aryl methyl sites for hydroxylation is 1. The molecule has 2 heterocycles. The molecule has 0 radical (unpaired) electrons. The largest absolute Gasteiger partial charge is 0.494 e. The van der Waals surface area contributed by atoms with E-state index in [4.69, 9.17) is 9.15 Å². The summed E-state index contributed by atoms with van der Waals surface area (Å²) < 4.78 is 52.2. The molecule has 0 bridgehead atoms. The van der Waals surface area contributed by atoms with Crippen LogP contribution < -0.4 is 15.1 Å². The molecule has 8 heteroatoms. The first kappa shape index (κ1) is 24.6. The van der Waals surface area contributed by atoms with Crippen molar-refractivity contribution >= 4 is 22.6 Å². The molecule has 5 rings (SSSR count). The predicted octanol–water partition coefficient (Wildman–Crippen LogP) is 7.05. The van der Waals surface area contributed by atoms with Crippen LogP contribution in [0.25, 0.3) is 11.0 Å². The molecule has 1 aliphatic heterocycles. The third-order valence-corrected chi connectivity index (χ3v) is 6.44. The summed E-state index contributed by atoms with van der Waals surface area (Å²) in [6.07, 6.45) is -2.73. The van der Waals surface area contributed by atoms with Gasteiger partial charge in [0.05, 0.1) is 29.2 Å². The quantitative estimate of drug-likeness (QED) is 0.263. The maximum absolute atomic E-state index is 13.7. The second-order valence-corrected chi connectivity index (χ2v) is 9.07. The van der Waals surface area contributed by atoms with Crippen molar-refractivity contribution in [1.82, 2.24) is 0 Å².